The van der Waals surface area contributed by atoms with Crippen LogP contribution in [0.4, 0.5) is 0 Å². The number of nitrogens with zero attached hydrogens (tertiary/aromatic N) is 1. The van der Waals surface area contributed by atoms with E-state index in [4.69, 9.17) is 0 Å². The number of amides is 1. The molecule has 0 radical (unpaired) electrons. The largest absolute Gasteiger partial charge is 0.469 e. The quantitative estimate of drug-likeness (QED) is 0.693. The number of ether oxygens (including phenoxy) is 1. The zero-order valence-corrected chi connectivity index (χ0v) is 12.0. The molecule has 1 amide bonds. The van der Waals surface area contributed by atoms with Crippen molar-refractivity contribution in [2.24, 2.45) is 0 Å². The van der Waals surface area contributed by atoms with Gasteiger partial charge in [-0.25, -0.2) is 0 Å². The van der Waals surface area contributed by atoms with Crippen molar-refractivity contribution >= 4 is 22.7 Å². The topological polar surface area (TPSA) is 63.7 Å². The fraction of sp³-hybridized carbons (Fsp3) is 0.833. The maximum atomic E-state index is 12.1. The molecule has 5 nitrogen and oxygen atoms in total. The molecular formula is C12H21NO4S. The van der Waals surface area contributed by atoms with Crippen molar-refractivity contribution in [1.29, 1.82) is 0 Å². The van der Waals surface area contributed by atoms with Gasteiger partial charge in [-0.05, 0) is 19.8 Å². The summed E-state index contributed by atoms with van der Waals surface area (Å²) in [5.41, 5.74) is 0. The molecule has 1 aliphatic heterocycles. The van der Waals surface area contributed by atoms with Crippen LogP contribution in [0.5, 0.6) is 0 Å². The van der Waals surface area contributed by atoms with E-state index in [1.807, 2.05) is 0 Å². The van der Waals surface area contributed by atoms with E-state index in [9.17, 15) is 13.8 Å². The van der Waals surface area contributed by atoms with Crippen LogP contribution < -0.4 is 0 Å². The van der Waals surface area contributed by atoms with Gasteiger partial charge in [0.15, 0.2) is 0 Å². The smallest absolute Gasteiger partial charge is 0.306 e. The van der Waals surface area contributed by atoms with E-state index >= 15 is 0 Å². The minimum Gasteiger partial charge on any atom is -0.469 e. The van der Waals surface area contributed by atoms with Crippen molar-refractivity contribution in [1.82, 2.24) is 4.90 Å². The maximum Gasteiger partial charge on any atom is 0.306 e. The van der Waals surface area contributed by atoms with Crippen molar-refractivity contribution in [3.8, 4) is 0 Å². The lowest BCUT2D eigenvalue weighted by molar-refractivity contribution is -0.140. The van der Waals surface area contributed by atoms with E-state index in [-0.39, 0.29) is 17.6 Å². The molecule has 0 spiro atoms. The second kappa shape index (κ2) is 6.87. The Hall–Kier alpha value is -0.910. The number of hydrogen-bond donors (Lipinski definition) is 0. The summed E-state index contributed by atoms with van der Waals surface area (Å²) in [6, 6.07) is 0. The third-order valence-electron chi connectivity index (χ3n) is 3.19. The summed E-state index contributed by atoms with van der Waals surface area (Å²) in [5.74, 6) is -0.459. The van der Waals surface area contributed by atoms with Crippen molar-refractivity contribution < 1.29 is 18.5 Å². The van der Waals surface area contributed by atoms with E-state index in [1.165, 1.54) is 7.11 Å². The van der Waals surface area contributed by atoms with Gasteiger partial charge in [0, 0.05) is 29.1 Å². The number of likely N-dealkylation sites (tertiary alicyclic amines) is 1. The summed E-state index contributed by atoms with van der Waals surface area (Å²) in [7, 11) is -0.0475. The van der Waals surface area contributed by atoms with Gasteiger partial charge in [0.05, 0.1) is 13.5 Å². The third-order valence-corrected chi connectivity index (χ3v) is 5.05. The van der Waals surface area contributed by atoms with Crippen LogP contribution in [0, 0.1) is 0 Å². The lowest BCUT2D eigenvalue weighted by Crippen LogP contribution is -2.40. The fourth-order valence-corrected chi connectivity index (χ4v) is 3.39. The van der Waals surface area contributed by atoms with E-state index in [2.05, 4.69) is 4.74 Å². The lowest BCUT2D eigenvalue weighted by atomic mass is 10.3. The van der Waals surface area contributed by atoms with Crippen molar-refractivity contribution in [3.63, 3.8) is 0 Å². The molecule has 1 saturated heterocycles. The third kappa shape index (κ3) is 3.80. The number of methoxy groups -OCH3 is 1. The second-order valence-electron chi connectivity index (χ2n) is 4.59. The van der Waals surface area contributed by atoms with Crippen molar-refractivity contribution in [3.05, 3.63) is 0 Å². The summed E-state index contributed by atoms with van der Waals surface area (Å²) in [4.78, 5) is 24.9. The molecule has 18 heavy (non-hydrogen) atoms. The number of hydrogen-bond acceptors (Lipinski definition) is 4. The Morgan fingerprint density at radius 3 is 2.33 bits per heavy atom. The van der Waals surface area contributed by atoms with Crippen LogP contribution in [0.2, 0.25) is 0 Å². The first-order valence-corrected chi connectivity index (χ1v) is 7.50. The molecule has 0 bridgehead atoms. The summed E-state index contributed by atoms with van der Waals surface area (Å²) in [5, 5.41) is -0.915. The van der Waals surface area contributed by atoms with Gasteiger partial charge in [0.1, 0.15) is 5.25 Å². The molecule has 1 rings (SSSR count). The molecule has 1 fully saturated rings. The molecule has 0 aliphatic carbocycles. The van der Waals surface area contributed by atoms with Crippen LogP contribution >= 0.6 is 0 Å². The zero-order chi connectivity index (χ0) is 13.7. The summed E-state index contributed by atoms with van der Waals surface area (Å²) in [6.45, 7) is 4.89. The Morgan fingerprint density at radius 2 is 1.83 bits per heavy atom. The summed E-state index contributed by atoms with van der Waals surface area (Å²) >= 11 is 0. The Kier molecular flexibility index (Phi) is 5.78. The van der Waals surface area contributed by atoms with Gasteiger partial charge in [0.25, 0.3) is 0 Å². The molecule has 0 aromatic heterocycles. The lowest BCUT2D eigenvalue weighted by Gasteiger charge is -2.22. The Labute approximate surface area is 110 Å². The number of carbonyl (C=O) groups excluding carboxylic acids is 2. The van der Waals surface area contributed by atoms with Crippen molar-refractivity contribution in [2.45, 2.75) is 43.6 Å². The van der Waals surface area contributed by atoms with Crippen LogP contribution in [0.25, 0.3) is 0 Å². The second-order valence-corrected chi connectivity index (χ2v) is 6.76. The molecule has 3 unspecified atom stereocenters. The van der Waals surface area contributed by atoms with Crippen LogP contribution in [0.3, 0.4) is 0 Å². The predicted octanol–water partition coefficient (Wildman–Crippen LogP) is 0.698. The highest BCUT2D eigenvalue weighted by Gasteiger charge is 2.30. The van der Waals surface area contributed by atoms with Crippen LogP contribution in [0.1, 0.15) is 33.1 Å². The number of carbonyl (C=O) groups is 2. The van der Waals surface area contributed by atoms with E-state index in [0.717, 1.165) is 25.9 Å². The molecule has 3 atom stereocenters. The van der Waals surface area contributed by atoms with Gasteiger partial charge >= 0.3 is 5.97 Å². The van der Waals surface area contributed by atoms with Crippen LogP contribution in [-0.2, 0) is 25.1 Å². The van der Waals surface area contributed by atoms with E-state index < -0.39 is 22.0 Å². The molecule has 0 aromatic carbocycles. The SMILES string of the molecule is COC(=O)CC(C)S(=O)C(C)C(=O)N1CCCC1. The maximum absolute atomic E-state index is 12.1. The Morgan fingerprint density at radius 1 is 1.28 bits per heavy atom. The molecule has 0 N–H and O–H groups in total. The molecule has 1 aliphatic rings. The molecule has 6 heteroatoms. The van der Waals surface area contributed by atoms with Gasteiger partial charge < -0.3 is 9.64 Å². The minimum atomic E-state index is -1.35. The molecular weight excluding hydrogens is 254 g/mol. The molecule has 0 saturated carbocycles. The number of esters is 1. The van der Waals surface area contributed by atoms with E-state index in [0.29, 0.717) is 0 Å². The average Bonchev–Trinajstić information content (AvgIpc) is 2.89. The minimum absolute atomic E-state index is 0.0671. The summed E-state index contributed by atoms with van der Waals surface area (Å²) < 4.78 is 16.7. The zero-order valence-electron chi connectivity index (χ0n) is 11.2. The first-order chi connectivity index (χ1) is 8.47. The monoisotopic (exact) mass is 275 g/mol. The normalized spacial score (nSPS) is 20.3. The van der Waals surface area contributed by atoms with E-state index in [1.54, 1.807) is 18.7 Å². The first-order valence-electron chi connectivity index (χ1n) is 6.22. The van der Waals surface area contributed by atoms with Crippen LogP contribution in [0.15, 0.2) is 0 Å². The first kappa shape index (κ1) is 15.1. The summed E-state index contributed by atoms with van der Waals surface area (Å²) in [6.07, 6.45) is 2.12. The molecule has 1 heterocycles. The Balaban J connectivity index is 2.54. The fourth-order valence-electron chi connectivity index (χ4n) is 2.04. The van der Waals surface area contributed by atoms with Gasteiger partial charge in [-0.1, -0.05) is 6.92 Å². The average molecular weight is 275 g/mol. The molecule has 104 valence electrons. The predicted molar refractivity (Wildman–Crippen MR) is 69.5 cm³/mol. The highest BCUT2D eigenvalue weighted by molar-refractivity contribution is 7.87. The van der Waals surface area contributed by atoms with Gasteiger partial charge in [-0.15, -0.1) is 0 Å². The van der Waals surface area contributed by atoms with Crippen molar-refractivity contribution in [2.75, 3.05) is 20.2 Å². The standard InChI is InChI=1S/C12H21NO4S/c1-9(8-11(14)17-3)18(16)10(2)12(15)13-6-4-5-7-13/h9-10H,4-8H2,1-3H3. The van der Waals surface area contributed by atoms with Crippen LogP contribution in [-0.4, -0.2) is 51.7 Å². The van der Waals surface area contributed by atoms with Gasteiger partial charge in [0.2, 0.25) is 5.91 Å². The highest BCUT2D eigenvalue weighted by atomic mass is 32.2. The number of rotatable bonds is 5. The molecule has 0 aromatic rings. The van der Waals surface area contributed by atoms with Gasteiger partial charge in [-0.2, -0.15) is 0 Å². The van der Waals surface area contributed by atoms with Gasteiger partial charge in [-0.3, -0.25) is 13.8 Å². The highest BCUT2D eigenvalue weighted by Crippen LogP contribution is 2.15. The Bertz CT molecular complexity index is 339.